The number of ether oxygens (including phenoxy) is 1. The fourth-order valence-electron chi connectivity index (χ4n) is 1.78. The third-order valence-corrected chi connectivity index (χ3v) is 2.65. The van der Waals surface area contributed by atoms with Crippen molar-refractivity contribution in [3.05, 3.63) is 54.1 Å². The smallest absolute Gasteiger partial charge is 0.354 e. The van der Waals surface area contributed by atoms with Gasteiger partial charge in [0.1, 0.15) is 5.69 Å². The van der Waals surface area contributed by atoms with Crippen LogP contribution in [0.3, 0.4) is 0 Å². The van der Waals surface area contributed by atoms with Gasteiger partial charge in [-0.1, -0.05) is 6.07 Å². The summed E-state index contributed by atoms with van der Waals surface area (Å²) < 4.78 is 6.90. The lowest BCUT2D eigenvalue weighted by Gasteiger charge is -2.08. The minimum atomic E-state index is -0.275. The fourth-order valence-corrected chi connectivity index (χ4v) is 1.78. The van der Waals surface area contributed by atoms with Crippen LogP contribution in [-0.4, -0.2) is 22.1 Å². The standard InChI is InChI=1S/C14H16N2O2/c1-2-18-14(17)13-7-5-10-16(13)11-8-12-6-3-4-9-15-12/h3-7,9-10H,2,8,11H2,1H3. The molecule has 0 unspecified atom stereocenters. The number of rotatable bonds is 5. The predicted octanol–water partition coefficient (Wildman–Crippen LogP) is 2.30. The van der Waals surface area contributed by atoms with E-state index in [4.69, 9.17) is 4.74 Å². The lowest BCUT2D eigenvalue weighted by atomic mass is 10.2. The van der Waals surface area contributed by atoms with Crippen molar-refractivity contribution in [2.45, 2.75) is 19.9 Å². The molecule has 0 radical (unpaired) electrons. The van der Waals surface area contributed by atoms with Gasteiger partial charge in [-0.2, -0.15) is 0 Å². The summed E-state index contributed by atoms with van der Waals surface area (Å²) in [7, 11) is 0. The monoisotopic (exact) mass is 244 g/mol. The minimum Gasteiger partial charge on any atom is -0.461 e. The van der Waals surface area contributed by atoms with E-state index < -0.39 is 0 Å². The first kappa shape index (κ1) is 12.4. The number of carbonyl (C=O) groups is 1. The predicted molar refractivity (Wildman–Crippen MR) is 68.3 cm³/mol. The van der Waals surface area contributed by atoms with Gasteiger partial charge in [-0.25, -0.2) is 4.79 Å². The van der Waals surface area contributed by atoms with Crippen molar-refractivity contribution < 1.29 is 9.53 Å². The zero-order valence-corrected chi connectivity index (χ0v) is 10.4. The molecule has 2 aromatic heterocycles. The lowest BCUT2D eigenvalue weighted by Crippen LogP contribution is -2.13. The molecule has 4 heteroatoms. The quantitative estimate of drug-likeness (QED) is 0.758. The Kier molecular flexibility index (Phi) is 4.12. The highest BCUT2D eigenvalue weighted by atomic mass is 16.5. The summed E-state index contributed by atoms with van der Waals surface area (Å²) in [4.78, 5) is 15.9. The van der Waals surface area contributed by atoms with E-state index in [2.05, 4.69) is 4.98 Å². The first-order valence-electron chi connectivity index (χ1n) is 6.03. The summed E-state index contributed by atoms with van der Waals surface area (Å²) >= 11 is 0. The normalized spacial score (nSPS) is 10.3. The van der Waals surface area contributed by atoms with Crippen LogP contribution in [-0.2, 0) is 17.7 Å². The van der Waals surface area contributed by atoms with E-state index in [0.29, 0.717) is 12.3 Å². The first-order valence-corrected chi connectivity index (χ1v) is 6.03. The average molecular weight is 244 g/mol. The van der Waals surface area contributed by atoms with Gasteiger partial charge >= 0.3 is 5.97 Å². The summed E-state index contributed by atoms with van der Waals surface area (Å²) in [6, 6.07) is 9.46. The van der Waals surface area contributed by atoms with Crippen LogP contribution in [0.15, 0.2) is 42.7 Å². The molecule has 0 aromatic carbocycles. The van der Waals surface area contributed by atoms with Gasteiger partial charge in [0.15, 0.2) is 0 Å². The van der Waals surface area contributed by atoms with E-state index in [1.165, 1.54) is 0 Å². The molecular formula is C14H16N2O2. The van der Waals surface area contributed by atoms with Gasteiger partial charge in [0.05, 0.1) is 6.61 Å². The third kappa shape index (κ3) is 2.97. The Morgan fingerprint density at radius 2 is 2.22 bits per heavy atom. The van der Waals surface area contributed by atoms with Crippen molar-refractivity contribution in [1.82, 2.24) is 9.55 Å². The molecule has 0 amide bonds. The van der Waals surface area contributed by atoms with Crippen LogP contribution in [0.4, 0.5) is 0 Å². The maximum Gasteiger partial charge on any atom is 0.354 e. The number of nitrogens with zero attached hydrogens (tertiary/aromatic N) is 2. The van der Waals surface area contributed by atoms with Crippen LogP contribution in [0.2, 0.25) is 0 Å². The molecular weight excluding hydrogens is 228 g/mol. The first-order chi connectivity index (χ1) is 8.81. The van der Waals surface area contributed by atoms with Gasteiger partial charge in [0, 0.05) is 31.1 Å². The Morgan fingerprint density at radius 1 is 1.33 bits per heavy atom. The Morgan fingerprint density at radius 3 is 2.94 bits per heavy atom. The molecule has 0 N–H and O–H groups in total. The lowest BCUT2D eigenvalue weighted by molar-refractivity contribution is 0.0513. The van der Waals surface area contributed by atoms with Gasteiger partial charge in [0.2, 0.25) is 0 Å². The number of hydrogen-bond acceptors (Lipinski definition) is 3. The topological polar surface area (TPSA) is 44.1 Å². The summed E-state index contributed by atoms with van der Waals surface area (Å²) in [6.07, 6.45) is 4.45. The van der Waals surface area contributed by atoms with Crippen LogP contribution in [0.5, 0.6) is 0 Å². The summed E-state index contributed by atoms with van der Waals surface area (Å²) in [5.41, 5.74) is 1.61. The van der Waals surface area contributed by atoms with Gasteiger partial charge in [-0.3, -0.25) is 4.98 Å². The Balaban J connectivity index is 2.02. The van der Waals surface area contributed by atoms with Gasteiger partial charge < -0.3 is 9.30 Å². The van der Waals surface area contributed by atoms with Crippen molar-refractivity contribution in [1.29, 1.82) is 0 Å². The molecule has 2 aromatic rings. The Hall–Kier alpha value is -2.10. The molecule has 0 saturated carbocycles. The van der Waals surface area contributed by atoms with Crippen LogP contribution in [0, 0.1) is 0 Å². The molecule has 0 saturated heterocycles. The highest BCUT2D eigenvalue weighted by Gasteiger charge is 2.11. The molecule has 0 aliphatic rings. The molecule has 0 fully saturated rings. The second-order valence-corrected chi connectivity index (χ2v) is 3.88. The highest BCUT2D eigenvalue weighted by Crippen LogP contribution is 2.06. The van der Waals surface area contributed by atoms with Gasteiger partial charge in [0.25, 0.3) is 0 Å². The van der Waals surface area contributed by atoms with Crippen molar-refractivity contribution in [3.63, 3.8) is 0 Å². The average Bonchev–Trinajstić information content (AvgIpc) is 2.86. The summed E-state index contributed by atoms with van der Waals surface area (Å²) in [6.45, 7) is 2.92. The van der Waals surface area contributed by atoms with E-state index in [0.717, 1.165) is 18.7 Å². The van der Waals surface area contributed by atoms with Crippen LogP contribution in [0.25, 0.3) is 0 Å². The number of hydrogen-bond donors (Lipinski definition) is 0. The number of esters is 1. The van der Waals surface area contributed by atoms with Gasteiger partial charge in [-0.15, -0.1) is 0 Å². The van der Waals surface area contributed by atoms with Crippen molar-refractivity contribution in [2.24, 2.45) is 0 Å². The molecule has 0 bridgehead atoms. The zero-order valence-electron chi connectivity index (χ0n) is 10.4. The number of carbonyl (C=O) groups excluding carboxylic acids is 1. The second-order valence-electron chi connectivity index (χ2n) is 3.88. The summed E-state index contributed by atoms with van der Waals surface area (Å²) in [5, 5.41) is 0. The molecule has 94 valence electrons. The van der Waals surface area contributed by atoms with Crippen molar-refractivity contribution >= 4 is 5.97 Å². The number of aromatic nitrogens is 2. The number of pyridine rings is 1. The molecule has 4 nitrogen and oxygen atoms in total. The Labute approximate surface area is 106 Å². The van der Waals surface area contributed by atoms with E-state index in [1.54, 1.807) is 19.2 Å². The molecule has 0 aliphatic heterocycles. The summed E-state index contributed by atoms with van der Waals surface area (Å²) in [5.74, 6) is -0.275. The van der Waals surface area contributed by atoms with Gasteiger partial charge in [-0.05, 0) is 31.2 Å². The van der Waals surface area contributed by atoms with Crippen LogP contribution >= 0.6 is 0 Å². The zero-order chi connectivity index (χ0) is 12.8. The van der Waals surface area contributed by atoms with E-state index >= 15 is 0 Å². The van der Waals surface area contributed by atoms with E-state index in [-0.39, 0.29) is 5.97 Å². The Bertz CT molecular complexity index is 506. The minimum absolute atomic E-state index is 0.275. The third-order valence-electron chi connectivity index (χ3n) is 2.65. The number of aryl methyl sites for hydroxylation is 2. The molecule has 2 heterocycles. The second kappa shape index (κ2) is 6.00. The van der Waals surface area contributed by atoms with Crippen molar-refractivity contribution in [3.8, 4) is 0 Å². The molecule has 0 spiro atoms. The fraction of sp³-hybridized carbons (Fsp3) is 0.286. The van der Waals surface area contributed by atoms with Crippen molar-refractivity contribution in [2.75, 3.05) is 6.61 Å². The molecule has 18 heavy (non-hydrogen) atoms. The largest absolute Gasteiger partial charge is 0.461 e. The maximum atomic E-state index is 11.7. The highest BCUT2D eigenvalue weighted by molar-refractivity contribution is 5.87. The maximum absolute atomic E-state index is 11.7. The van der Waals surface area contributed by atoms with Crippen LogP contribution < -0.4 is 0 Å². The van der Waals surface area contributed by atoms with E-state index in [9.17, 15) is 4.79 Å². The molecule has 0 aliphatic carbocycles. The SMILES string of the molecule is CCOC(=O)c1cccn1CCc1ccccn1. The van der Waals surface area contributed by atoms with Crippen LogP contribution in [0.1, 0.15) is 23.1 Å². The molecule has 0 atom stereocenters. The molecule has 2 rings (SSSR count). The van der Waals surface area contributed by atoms with E-state index in [1.807, 2.05) is 35.0 Å².